The second-order valence-corrected chi connectivity index (χ2v) is 39.2. The van der Waals surface area contributed by atoms with Crippen LogP contribution in [0.4, 0.5) is 4.79 Å². The third-order valence-electron chi connectivity index (χ3n) is 24.8. The summed E-state index contributed by atoms with van der Waals surface area (Å²) in [5.74, 6) is -3.64. The zero-order chi connectivity index (χ0) is 91.3. The molecule has 5 saturated carbocycles. The zero-order valence-electron chi connectivity index (χ0n) is 72.4. The molecule has 8 fully saturated rings. The smallest absolute Gasteiger partial charge is 1.00 e. The first-order valence-corrected chi connectivity index (χ1v) is 45.5. The van der Waals surface area contributed by atoms with Gasteiger partial charge in [0.05, 0.1) is 117 Å². The van der Waals surface area contributed by atoms with Gasteiger partial charge in [0, 0.05) is 93.1 Å². The van der Waals surface area contributed by atoms with E-state index in [1.807, 2.05) is 130 Å². The summed E-state index contributed by atoms with van der Waals surface area (Å²) in [4.78, 5) is 146. The molecule has 12 aliphatic rings. The maximum Gasteiger partial charge on any atom is 2.00 e. The second kappa shape index (κ2) is 40.0. The largest absolute Gasteiger partial charge is 2.00 e. The SMILES string of the molecule is CC(C)(C)OC(=O)NC1(c2ccc(Br)cc2)CC2(C1)OCCO2.CC1(O)CC(c2ccc(Br)cc2)(N2C(=O)c3ccccc3C2=O)C1.CCN1C(=O)c2ccccc2C1=O.NC1(c2ccc(Br)cc2)CC2(C1)OCCO2.O=C1CC(c2ccc(Br)cc2)(N2C(=O)c3ccccc3C2=O)C1.O=C1c2ccccc2C(=O)N1C1(c2ccc(Br)cc2)CC2(C1)OCCO2.O=C=O.[Br-].[CH3-].[Mg+2]. The van der Waals surface area contributed by atoms with Crippen LogP contribution in [0.5, 0.6) is 0 Å². The minimum atomic E-state index is -0.886. The van der Waals surface area contributed by atoms with Crippen LogP contribution in [-0.2, 0) is 75.2 Å². The van der Waals surface area contributed by atoms with Crippen molar-refractivity contribution in [2.45, 2.75) is 155 Å². The van der Waals surface area contributed by atoms with E-state index < -0.39 is 51.0 Å². The quantitative estimate of drug-likeness (QED) is 0.0650. The third-order valence-corrected chi connectivity index (χ3v) is 27.4. The van der Waals surface area contributed by atoms with Gasteiger partial charge in [-0.3, -0.25) is 62.8 Å². The number of alkyl carbamates (subject to hydrolysis) is 1. The molecule has 0 radical (unpaired) electrons. The molecule has 0 atom stereocenters. The number of ether oxygens (including phenoxy) is 7. The molecule has 678 valence electrons. The summed E-state index contributed by atoms with van der Waals surface area (Å²) in [6.45, 7) is 13.2. The molecule has 131 heavy (non-hydrogen) atoms. The van der Waals surface area contributed by atoms with Crippen molar-refractivity contribution in [3.05, 3.63) is 321 Å². The van der Waals surface area contributed by atoms with Crippen LogP contribution in [0.3, 0.4) is 0 Å². The van der Waals surface area contributed by atoms with E-state index in [-0.39, 0.29) is 131 Å². The van der Waals surface area contributed by atoms with E-state index >= 15 is 0 Å². The summed E-state index contributed by atoms with van der Waals surface area (Å²) in [5.41, 5.74) is 10.2. The Balaban J connectivity index is 0.000000142. The van der Waals surface area contributed by atoms with Crippen LogP contribution < -0.4 is 28.0 Å². The molecule has 0 unspecified atom stereocenters. The number of carbonyl (C=O) groups excluding carboxylic acids is 12. The summed E-state index contributed by atoms with van der Waals surface area (Å²) < 4.78 is 44.6. The number of hydrogen-bond acceptors (Lipinski definition) is 21. The predicted octanol–water partition coefficient (Wildman–Crippen LogP) is 13.9. The summed E-state index contributed by atoms with van der Waals surface area (Å²) in [6.07, 6.45) is 4.44. The molecule has 7 heterocycles. The van der Waals surface area contributed by atoms with Crippen molar-refractivity contribution < 1.29 is 113 Å². The number of Topliss-reactive ketones (excluding diaryl/α,β-unsaturated/α-hetero) is 1. The average Bonchev–Trinajstić information content (AvgIpc) is 1.52. The van der Waals surface area contributed by atoms with Gasteiger partial charge < -0.3 is 73.7 Å². The molecule has 26 nitrogen and oxygen atoms in total. The third kappa shape index (κ3) is 19.9. The van der Waals surface area contributed by atoms with Gasteiger partial charge >= 0.3 is 35.3 Å². The van der Waals surface area contributed by atoms with E-state index in [1.165, 1.54) is 19.6 Å². The Hall–Kier alpha value is -8.81. The Morgan fingerprint density at radius 1 is 0.405 bits per heavy atom. The number of nitrogens with one attached hydrogen (secondary N) is 1. The van der Waals surface area contributed by atoms with Crippen LogP contribution in [0.25, 0.3) is 0 Å². The summed E-state index contributed by atoms with van der Waals surface area (Å²) >= 11 is 17.1. The number of nitrogens with zero attached hydrogens (tertiary/aromatic N) is 4. The van der Waals surface area contributed by atoms with Crippen molar-refractivity contribution in [3.8, 4) is 0 Å². The number of imide groups is 4. The monoisotopic (exact) mass is 2170 g/mol. The minimum absolute atomic E-state index is 0. The number of hydrogen-bond donors (Lipinski definition) is 3. The molecular weight excluding hydrogens is 2080 g/mol. The number of fused-ring (bicyclic) bond motifs is 4. The Morgan fingerprint density at radius 3 is 0.924 bits per heavy atom. The van der Waals surface area contributed by atoms with Crippen molar-refractivity contribution in [1.82, 2.24) is 24.9 Å². The van der Waals surface area contributed by atoms with Crippen LogP contribution >= 0.6 is 79.6 Å². The van der Waals surface area contributed by atoms with E-state index in [0.717, 1.165) is 63.0 Å². The van der Waals surface area contributed by atoms with Gasteiger partial charge in [-0.25, -0.2) is 4.79 Å². The molecule has 4 N–H and O–H groups in total. The van der Waals surface area contributed by atoms with Crippen molar-refractivity contribution >= 4 is 168 Å². The van der Waals surface area contributed by atoms with E-state index in [1.54, 1.807) is 111 Å². The Labute approximate surface area is 825 Å². The van der Waals surface area contributed by atoms with Gasteiger partial charge in [0.2, 0.25) is 0 Å². The number of carbonyl (C=O) groups is 10. The van der Waals surface area contributed by atoms with Gasteiger partial charge in [0.1, 0.15) is 11.4 Å². The van der Waals surface area contributed by atoms with Crippen LogP contribution in [0, 0.1) is 7.43 Å². The molecule has 3 saturated heterocycles. The molecule has 21 rings (SSSR count). The normalized spacial score (nSPS) is 23.0. The topological polar surface area (TPSA) is 341 Å². The van der Waals surface area contributed by atoms with Crippen molar-refractivity contribution in [3.63, 3.8) is 0 Å². The first-order chi connectivity index (χ1) is 60.9. The van der Waals surface area contributed by atoms with Gasteiger partial charge in [0.25, 0.3) is 47.3 Å². The summed E-state index contributed by atoms with van der Waals surface area (Å²) in [7, 11) is 0. The van der Waals surface area contributed by atoms with Gasteiger partial charge in [-0.1, -0.05) is 189 Å². The van der Waals surface area contributed by atoms with E-state index in [4.69, 9.17) is 48.5 Å². The number of amides is 9. The molecule has 0 bridgehead atoms. The molecule has 33 heteroatoms. The van der Waals surface area contributed by atoms with Crippen LogP contribution in [-0.4, -0.2) is 188 Å². The van der Waals surface area contributed by atoms with Crippen LogP contribution in [0.15, 0.2) is 241 Å². The fraction of sp³-hybridized carbons (Fsp3) is 0.327. The maximum atomic E-state index is 13.1. The Bertz CT molecular complexity index is 5740. The van der Waals surface area contributed by atoms with Crippen LogP contribution in [0.1, 0.15) is 210 Å². The Kier molecular flexibility index (Phi) is 30.9. The first-order valence-electron chi connectivity index (χ1n) is 41.5. The summed E-state index contributed by atoms with van der Waals surface area (Å²) in [6, 6.07) is 66.5. The molecule has 0 aromatic heterocycles. The van der Waals surface area contributed by atoms with Gasteiger partial charge in [-0.2, -0.15) is 9.59 Å². The fourth-order valence-electron chi connectivity index (χ4n) is 19.2. The maximum absolute atomic E-state index is 13.1. The fourth-order valence-corrected chi connectivity index (χ4v) is 20.5. The number of ketones is 1. The zero-order valence-corrected chi connectivity index (χ0v) is 83.3. The van der Waals surface area contributed by atoms with Crippen LogP contribution in [0.2, 0.25) is 0 Å². The van der Waals surface area contributed by atoms with Crippen molar-refractivity contribution in [1.29, 1.82) is 0 Å². The number of halogens is 6. The molecular formula is C98H92Br6MgN6O20. The number of rotatable bonds is 10. The second-order valence-electron chi connectivity index (χ2n) is 34.6. The molecule has 7 aliphatic heterocycles. The number of benzene rings is 9. The van der Waals surface area contributed by atoms with E-state index in [2.05, 4.69) is 97.1 Å². The van der Waals surface area contributed by atoms with Gasteiger partial charge in [-0.05, 0) is 172 Å². The van der Waals surface area contributed by atoms with E-state index in [0.29, 0.717) is 129 Å². The molecule has 5 aliphatic carbocycles. The number of aliphatic hydroxyl groups is 1. The van der Waals surface area contributed by atoms with Crippen molar-refractivity contribution in [2.75, 3.05) is 46.2 Å². The van der Waals surface area contributed by atoms with Gasteiger partial charge in [0.15, 0.2) is 17.4 Å². The van der Waals surface area contributed by atoms with Crippen molar-refractivity contribution in [2.24, 2.45) is 5.73 Å². The predicted molar refractivity (Wildman–Crippen MR) is 494 cm³/mol. The minimum Gasteiger partial charge on any atom is -1.00 e. The molecule has 3 spiro atoms. The molecule has 9 aromatic rings. The number of nitrogens with two attached hydrogens (primary N) is 1. The molecule has 9 aromatic carbocycles. The van der Waals surface area contributed by atoms with E-state index in [9.17, 15) is 53.1 Å². The standard InChI is InChI=1S/C20H16BrNO4.C19H16BrNO3.C18H12BrNO3.C17H22BrNO4.C12H14BrNO2.C10H9NO2.CO2.CH3.BrH.Mg/c21-14-7-5-13(6-8-14)19(11-20(12-19)25-9-10-26-20)22-17(23)15-3-1-2-4-16(15)18(22)24;1-18(24)10-19(11-18,12-6-8-13(20)9-7-12)21-16(22)14-4-2-3-5-15(14)17(21)23;19-12-7-5-11(6-8-12)18(9-13(21)10-18)20-16(22)14-3-1-2-4-15(14)17(20)23;1-15(2,3)23-14(20)19-16(12-4-6-13(18)7-5-12)10-17(11-16)21-8-9-22-17;13-10-3-1-9(2-4-10)11(14)7-12(8-11)15-5-6-16-12;1-2-11-9(12)7-5-3-4-6-8(7)10(11)13;2-1-3;;;/h1-8H,9-12H2;2-9,24H,10-11H2,1H3;1-8H,9-10H2;4-7H,8-11H2,1-3H3,(H,19,20);1-4H,5-8,14H2;3-6H,2H2,1H3;;1H3;1H;/q;;;;;;;-1;;+2/p-1. The molecule has 9 amide bonds. The Morgan fingerprint density at radius 2 is 0.649 bits per heavy atom. The average molecular weight is 2180 g/mol. The van der Waals surface area contributed by atoms with Gasteiger partial charge in [-0.15, -0.1) is 0 Å². The first kappa shape index (κ1) is 101. The summed E-state index contributed by atoms with van der Waals surface area (Å²) in [5, 5.41) is 13.4.